The molecule has 4 heteroatoms. The summed E-state index contributed by atoms with van der Waals surface area (Å²) in [4.78, 5) is 0. The average molecular weight is 311 g/mol. The summed E-state index contributed by atoms with van der Waals surface area (Å²) in [6.07, 6.45) is 0. The number of hydrogen-bond donors (Lipinski definition) is 0. The van der Waals surface area contributed by atoms with Gasteiger partial charge in [-0.25, -0.2) is 0 Å². The maximum atomic E-state index is 11.3. The van der Waals surface area contributed by atoms with E-state index in [1.54, 1.807) is 0 Å². The molecule has 0 atom stereocenters. The van der Waals surface area contributed by atoms with Crippen LogP contribution in [0.2, 0.25) is 0 Å². The third-order valence-corrected chi connectivity index (χ3v) is 2.57. The molecule has 0 aromatic heterocycles. The largest absolute Gasteiger partial charge is 1.00 e. The summed E-state index contributed by atoms with van der Waals surface area (Å²) in [5.74, 6) is -0.706. The van der Waals surface area contributed by atoms with E-state index in [0.717, 1.165) is 24.3 Å². The monoisotopic (exact) mass is 310 g/mol. The Morgan fingerprint density at radius 1 is 0.737 bits per heavy atom. The number of rotatable bonds is 2. The fourth-order valence-electron chi connectivity index (χ4n) is 1.58. The Kier molecular flexibility index (Phi) is 5.40. The van der Waals surface area contributed by atoms with Crippen molar-refractivity contribution in [3.63, 3.8) is 0 Å². The van der Waals surface area contributed by atoms with Gasteiger partial charge in [0, 0.05) is 13.6 Å². The zero-order valence-corrected chi connectivity index (χ0v) is 17.2. The molecule has 0 unspecified atom stereocenters. The van der Waals surface area contributed by atoms with Gasteiger partial charge in [0.05, 0.1) is 0 Å². The zero-order valence-electron chi connectivity index (χ0n) is 16.9. The van der Waals surface area contributed by atoms with Crippen molar-refractivity contribution in [3.05, 3.63) is 59.7 Å². The second kappa shape index (κ2) is 8.68. The van der Waals surface area contributed by atoms with Gasteiger partial charge >= 0.3 is 103 Å². The maximum Gasteiger partial charge on any atom is 1.00 e. The van der Waals surface area contributed by atoms with Crippen molar-refractivity contribution >= 4 is 0 Å². The zero-order chi connectivity index (χ0) is 17.5. The molecule has 0 aliphatic heterocycles. The standard InChI is InChI=1S/C15H16O2.2K/c1-15(2,11-3-7-13(16)8-4-11)12-5-9-14(17)10-6-12;;/h3-10,16-17H,1-2H3;;/q;2*+1/p-2/i1D3,2D3;;. The Hall–Kier alpha value is 1.31. The van der Waals surface area contributed by atoms with Crippen molar-refractivity contribution < 1.29 is 121 Å². The van der Waals surface area contributed by atoms with Gasteiger partial charge in [0.25, 0.3) is 0 Å². The van der Waals surface area contributed by atoms with Crippen LogP contribution in [-0.4, -0.2) is 0 Å². The van der Waals surface area contributed by atoms with Crippen LogP contribution in [0.5, 0.6) is 11.5 Å². The van der Waals surface area contributed by atoms with Crippen molar-refractivity contribution in [2.45, 2.75) is 19.1 Å². The Morgan fingerprint density at radius 3 is 1.32 bits per heavy atom. The van der Waals surface area contributed by atoms with Crippen LogP contribution in [0.3, 0.4) is 0 Å². The summed E-state index contributed by atoms with van der Waals surface area (Å²) < 4.78 is 47.4. The molecule has 2 rings (SSSR count). The first kappa shape index (κ1) is 11.8. The third kappa shape index (κ3) is 5.22. The van der Waals surface area contributed by atoms with Crippen LogP contribution >= 0.6 is 0 Å². The molecular formula is C15H14K2O2. The SMILES string of the molecule is [2H]C([2H])([2H])C(c1ccc([O-])cc1)(c1ccc([O-])cc1)C([2H])([2H])[2H].[K+].[K+]. The molecular weight excluding hydrogens is 290 g/mol. The van der Waals surface area contributed by atoms with E-state index in [4.69, 9.17) is 8.22 Å². The van der Waals surface area contributed by atoms with Crippen LogP contribution in [0, 0.1) is 0 Å². The molecule has 2 aromatic carbocycles. The second-order valence-corrected chi connectivity index (χ2v) is 3.80. The van der Waals surface area contributed by atoms with Crippen LogP contribution < -0.4 is 113 Å². The van der Waals surface area contributed by atoms with E-state index >= 15 is 0 Å². The van der Waals surface area contributed by atoms with E-state index in [2.05, 4.69) is 0 Å². The van der Waals surface area contributed by atoms with Crippen molar-refractivity contribution in [2.75, 3.05) is 0 Å². The predicted molar refractivity (Wildman–Crippen MR) is 63.9 cm³/mol. The van der Waals surface area contributed by atoms with Gasteiger partial charge < -0.3 is 10.2 Å². The first-order valence-corrected chi connectivity index (χ1v) is 5.05. The molecule has 0 radical (unpaired) electrons. The molecule has 2 aromatic rings. The summed E-state index contributed by atoms with van der Waals surface area (Å²) >= 11 is 0. The van der Waals surface area contributed by atoms with Gasteiger partial charge in [-0.15, -0.1) is 11.5 Å². The minimum atomic E-state index is -2.92. The summed E-state index contributed by atoms with van der Waals surface area (Å²) in [7, 11) is 0. The molecule has 0 aliphatic rings. The first-order valence-electron chi connectivity index (χ1n) is 8.05. The quantitative estimate of drug-likeness (QED) is 0.534. The van der Waals surface area contributed by atoms with E-state index in [1.807, 2.05) is 0 Å². The molecule has 0 spiro atoms. The van der Waals surface area contributed by atoms with E-state index in [0.29, 0.717) is 0 Å². The molecule has 0 saturated carbocycles. The number of hydrogen-bond acceptors (Lipinski definition) is 2. The van der Waals surface area contributed by atoms with Gasteiger partial charge in [0.1, 0.15) is 0 Å². The molecule has 0 N–H and O–H groups in total. The third-order valence-electron chi connectivity index (χ3n) is 2.57. The second-order valence-electron chi connectivity index (χ2n) is 3.80. The fourth-order valence-corrected chi connectivity index (χ4v) is 1.58. The summed E-state index contributed by atoms with van der Waals surface area (Å²) in [5.41, 5.74) is -2.37. The summed E-state index contributed by atoms with van der Waals surface area (Å²) in [5, 5.41) is 22.6. The smallest absolute Gasteiger partial charge is 0.872 e. The molecule has 19 heavy (non-hydrogen) atoms. The summed E-state index contributed by atoms with van der Waals surface area (Å²) in [6, 6.07) is 9.37. The van der Waals surface area contributed by atoms with Crippen LogP contribution in [0.25, 0.3) is 0 Å². The maximum absolute atomic E-state index is 11.3. The molecule has 2 nitrogen and oxygen atoms in total. The normalized spacial score (nSPS) is 16.2. The van der Waals surface area contributed by atoms with Crippen LogP contribution in [0.4, 0.5) is 0 Å². The van der Waals surface area contributed by atoms with Crippen molar-refractivity contribution in [3.8, 4) is 11.5 Å². The molecule has 0 bridgehead atoms. The van der Waals surface area contributed by atoms with Gasteiger partial charge in [0.2, 0.25) is 0 Å². The van der Waals surface area contributed by atoms with Crippen LogP contribution in [0.1, 0.15) is 33.1 Å². The van der Waals surface area contributed by atoms with E-state index < -0.39 is 19.1 Å². The minimum Gasteiger partial charge on any atom is -0.872 e. The molecule has 0 aliphatic carbocycles. The van der Waals surface area contributed by atoms with E-state index in [1.165, 1.54) is 24.3 Å². The molecule has 0 heterocycles. The van der Waals surface area contributed by atoms with E-state index in [-0.39, 0.29) is 125 Å². The topological polar surface area (TPSA) is 46.1 Å². The van der Waals surface area contributed by atoms with Crippen molar-refractivity contribution in [2.24, 2.45) is 0 Å². The van der Waals surface area contributed by atoms with Gasteiger partial charge in [-0.05, 0) is 11.1 Å². The van der Waals surface area contributed by atoms with E-state index in [9.17, 15) is 10.2 Å². The Bertz CT molecular complexity index is 620. The van der Waals surface area contributed by atoms with Crippen molar-refractivity contribution in [1.29, 1.82) is 0 Å². The first-order chi connectivity index (χ1) is 10.5. The summed E-state index contributed by atoms with van der Waals surface area (Å²) in [6.45, 7) is -5.85. The predicted octanol–water partition coefficient (Wildman–Crippen LogP) is -3.83. The van der Waals surface area contributed by atoms with Crippen LogP contribution in [0.15, 0.2) is 48.5 Å². The molecule has 88 valence electrons. The average Bonchev–Trinajstić information content (AvgIpc) is 2.40. The molecule has 0 fully saturated rings. The number of benzene rings is 2. The minimum absolute atomic E-state index is 0. The Balaban J connectivity index is 0.00000288. The van der Waals surface area contributed by atoms with Crippen molar-refractivity contribution in [1.82, 2.24) is 0 Å². The van der Waals surface area contributed by atoms with Gasteiger partial charge in [-0.2, -0.15) is 0 Å². The molecule has 0 saturated heterocycles. The Morgan fingerprint density at radius 2 is 1.05 bits per heavy atom. The van der Waals surface area contributed by atoms with Crippen LogP contribution in [-0.2, 0) is 5.41 Å². The fraction of sp³-hybridized carbons (Fsp3) is 0.200. The Labute approximate surface area is 207 Å². The molecule has 0 amide bonds. The van der Waals surface area contributed by atoms with Gasteiger partial charge in [-0.3, -0.25) is 0 Å². The van der Waals surface area contributed by atoms with Gasteiger partial charge in [0.15, 0.2) is 0 Å². The van der Waals surface area contributed by atoms with Gasteiger partial charge in [-0.1, -0.05) is 62.2 Å².